The lowest BCUT2D eigenvalue weighted by Crippen LogP contribution is -2.60. The molecule has 2 aromatic carbocycles. The van der Waals surface area contributed by atoms with E-state index >= 15 is 4.39 Å². The molecule has 2 aromatic rings. The number of sulfone groups is 1. The molecule has 55 heavy (non-hydrogen) atoms. The molecule has 13 heteroatoms. The fourth-order valence-corrected chi connectivity index (χ4v) is 11.6. The minimum absolute atomic E-state index is 0.00919. The summed E-state index contributed by atoms with van der Waals surface area (Å²) in [5, 5.41) is 2.61. The van der Waals surface area contributed by atoms with Crippen molar-refractivity contribution in [3.05, 3.63) is 72.1 Å². The number of nitrogens with one attached hydrogen (secondary N) is 1. The number of amides is 2. The van der Waals surface area contributed by atoms with E-state index in [4.69, 9.17) is 4.74 Å². The lowest BCUT2D eigenvalue weighted by Gasteiger charge is -2.54. The number of anilines is 1. The fourth-order valence-electron chi connectivity index (χ4n) is 9.95. The van der Waals surface area contributed by atoms with E-state index < -0.39 is 21.2 Å². The number of piperidine rings is 1. The summed E-state index contributed by atoms with van der Waals surface area (Å²) in [4.78, 5) is 36.2. The van der Waals surface area contributed by atoms with Crippen molar-refractivity contribution in [1.82, 2.24) is 24.9 Å². The summed E-state index contributed by atoms with van der Waals surface area (Å²) in [6.07, 6.45) is 9.10. The van der Waals surface area contributed by atoms with Crippen LogP contribution in [0.2, 0.25) is 0 Å². The first-order valence-electron chi connectivity index (χ1n) is 20.2. The molecule has 1 aliphatic carbocycles. The molecule has 0 radical (unpaired) electrons. The summed E-state index contributed by atoms with van der Waals surface area (Å²) in [6, 6.07) is 14.5. The van der Waals surface area contributed by atoms with Crippen LogP contribution in [0.5, 0.6) is 0 Å². The van der Waals surface area contributed by atoms with Crippen LogP contribution in [-0.4, -0.2) is 145 Å². The zero-order valence-corrected chi connectivity index (χ0v) is 33.6. The van der Waals surface area contributed by atoms with Gasteiger partial charge in [-0.2, -0.15) is 0 Å². The molecule has 11 nitrogen and oxygen atoms in total. The molecule has 0 unspecified atom stereocenters. The Balaban J connectivity index is 0.944. The van der Waals surface area contributed by atoms with Crippen LogP contribution in [0, 0.1) is 23.6 Å². The summed E-state index contributed by atoms with van der Waals surface area (Å²) in [6.45, 7) is 8.96. The van der Waals surface area contributed by atoms with E-state index in [9.17, 15) is 18.0 Å². The molecule has 4 heterocycles. The second kappa shape index (κ2) is 16.9. The average molecular weight is 779 g/mol. The zero-order chi connectivity index (χ0) is 38.7. The van der Waals surface area contributed by atoms with Crippen LogP contribution >= 0.6 is 0 Å². The topological polar surface area (TPSA) is 106 Å². The lowest BCUT2D eigenvalue weighted by molar-refractivity contribution is -0.129. The van der Waals surface area contributed by atoms with Crippen molar-refractivity contribution in [2.24, 2.45) is 17.8 Å². The van der Waals surface area contributed by atoms with Gasteiger partial charge in [0.05, 0.1) is 12.0 Å². The highest BCUT2D eigenvalue weighted by Gasteiger charge is 2.53. The van der Waals surface area contributed by atoms with E-state index in [-0.39, 0.29) is 42.2 Å². The van der Waals surface area contributed by atoms with Crippen LogP contribution in [0.3, 0.4) is 0 Å². The van der Waals surface area contributed by atoms with E-state index in [1.807, 2.05) is 37.2 Å². The van der Waals surface area contributed by atoms with Gasteiger partial charge in [-0.25, -0.2) is 17.6 Å². The van der Waals surface area contributed by atoms with Crippen molar-refractivity contribution < 1.29 is 27.1 Å². The highest BCUT2D eigenvalue weighted by Crippen LogP contribution is 2.51. The van der Waals surface area contributed by atoms with Crippen molar-refractivity contribution in [3.63, 3.8) is 0 Å². The van der Waals surface area contributed by atoms with Gasteiger partial charge in [0.25, 0.3) is 0 Å². The molecule has 300 valence electrons. The third-order valence-electron chi connectivity index (χ3n) is 13.1. The highest BCUT2D eigenvalue weighted by atomic mass is 32.2. The molecule has 0 spiro atoms. The van der Waals surface area contributed by atoms with E-state index in [0.717, 1.165) is 95.7 Å². The number of hydrogen-bond acceptors (Lipinski definition) is 9. The molecule has 0 bridgehead atoms. The Bertz CT molecular complexity index is 1790. The van der Waals surface area contributed by atoms with Crippen LogP contribution in [0.4, 0.5) is 14.9 Å². The number of benzene rings is 2. The van der Waals surface area contributed by atoms with Gasteiger partial charge in [0, 0.05) is 75.0 Å². The van der Waals surface area contributed by atoms with Crippen molar-refractivity contribution in [1.29, 1.82) is 0 Å². The summed E-state index contributed by atoms with van der Waals surface area (Å²) >= 11 is 0. The van der Waals surface area contributed by atoms with Crippen molar-refractivity contribution in [2.75, 3.05) is 98.1 Å². The van der Waals surface area contributed by atoms with Crippen LogP contribution in [0.25, 0.3) is 0 Å². The molecule has 4 aliphatic heterocycles. The number of likely N-dealkylation sites (N-methyl/N-ethyl adjacent to an activating group) is 1. The first kappa shape index (κ1) is 39.7. The minimum Gasteiger partial charge on any atom is -0.453 e. The maximum absolute atomic E-state index is 15.0. The molecule has 5 fully saturated rings. The Morgan fingerprint density at radius 2 is 1.67 bits per heavy atom. The lowest BCUT2D eigenvalue weighted by atomic mass is 9.57. The van der Waals surface area contributed by atoms with Crippen LogP contribution in [0.1, 0.15) is 44.1 Å². The van der Waals surface area contributed by atoms with Gasteiger partial charge in [0.1, 0.15) is 11.1 Å². The van der Waals surface area contributed by atoms with Crippen molar-refractivity contribution in [3.8, 4) is 0 Å². The number of rotatable bonds is 14. The molecule has 1 N–H and O–H groups in total. The number of carbonyl (C=O) groups excluding carboxylic acids is 2. The minimum atomic E-state index is -3.52. The number of methoxy groups -OCH3 is 1. The first-order chi connectivity index (χ1) is 26.5. The van der Waals surface area contributed by atoms with E-state index in [0.29, 0.717) is 23.3 Å². The van der Waals surface area contributed by atoms with E-state index in [1.54, 1.807) is 29.2 Å². The molecule has 4 saturated heterocycles. The first-order valence-corrected chi connectivity index (χ1v) is 21.7. The van der Waals surface area contributed by atoms with Gasteiger partial charge in [-0.05, 0) is 126 Å². The van der Waals surface area contributed by atoms with Gasteiger partial charge in [0.2, 0.25) is 5.91 Å². The van der Waals surface area contributed by atoms with Crippen molar-refractivity contribution in [2.45, 2.75) is 60.1 Å². The fraction of sp³-hybridized carbons (Fsp3) is 0.619. The largest absolute Gasteiger partial charge is 0.453 e. The van der Waals surface area contributed by atoms with Gasteiger partial charge in [-0.1, -0.05) is 24.6 Å². The van der Waals surface area contributed by atoms with Crippen LogP contribution in [0.15, 0.2) is 65.6 Å². The van der Waals surface area contributed by atoms with Crippen LogP contribution < -0.4 is 10.2 Å². The Hall–Kier alpha value is -3.52. The standard InChI is InChI=1S/C42H59FN6O5S/c1-45(2)19-6-12-40(50)49-28-37(29-49)55(52,53)36-15-13-35(14-16-36)48-26-31(27-48)25-46-22-17-32(18-23-46)42(30-47-20-7-21-47,33-8-4-9-34(43)24-33)38-10-5-11-39(38)44-41(51)54-3/h4,6,8-9,12-16,24,31-32,37-39H,5,7,10-11,17-23,25-30H2,1-3H3,(H,44,51)/b12-6+/t38-,39-,42-/m0/s1. The molecule has 3 atom stereocenters. The highest BCUT2D eigenvalue weighted by molar-refractivity contribution is 7.92. The summed E-state index contributed by atoms with van der Waals surface area (Å²) < 4.78 is 46.6. The molecule has 1 saturated carbocycles. The molecule has 2 amide bonds. The SMILES string of the molecule is COC(=O)N[C@H]1CCC[C@@H]1[C@](CN1CCC1)(c1cccc(F)c1)C1CCN(CC2CN(c3ccc(S(=O)(=O)C4CN(C(=O)/C=C/CN(C)C)C4)cc3)C2)CC1. The van der Waals surface area contributed by atoms with E-state index in [2.05, 4.69) is 26.1 Å². The molecular formula is C42H59FN6O5S. The number of nitrogens with zero attached hydrogens (tertiary/aromatic N) is 5. The Morgan fingerprint density at radius 3 is 2.31 bits per heavy atom. The monoisotopic (exact) mass is 778 g/mol. The average Bonchev–Trinajstić information content (AvgIpc) is 3.57. The summed E-state index contributed by atoms with van der Waals surface area (Å²) in [5.74, 6) is 0.735. The molecule has 0 aromatic heterocycles. The zero-order valence-electron chi connectivity index (χ0n) is 32.7. The van der Waals surface area contributed by atoms with E-state index in [1.165, 1.54) is 25.7 Å². The van der Waals surface area contributed by atoms with Gasteiger partial charge >= 0.3 is 6.09 Å². The second-order valence-corrected chi connectivity index (χ2v) is 19.1. The van der Waals surface area contributed by atoms with Gasteiger partial charge < -0.3 is 34.6 Å². The maximum atomic E-state index is 15.0. The Labute approximate surface area is 326 Å². The smallest absolute Gasteiger partial charge is 0.407 e. The maximum Gasteiger partial charge on any atom is 0.407 e. The number of halogens is 1. The molecule has 7 rings (SSSR count). The summed E-state index contributed by atoms with van der Waals surface area (Å²) in [7, 11) is 1.75. The predicted octanol–water partition coefficient (Wildman–Crippen LogP) is 4.24. The predicted molar refractivity (Wildman–Crippen MR) is 212 cm³/mol. The third-order valence-corrected chi connectivity index (χ3v) is 15.2. The van der Waals surface area contributed by atoms with Gasteiger partial charge in [0.15, 0.2) is 9.84 Å². The van der Waals surface area contributed by atoms with Gasteiger partial charge in [-0.3, -0.25) is 4.79 Å². The third kappa shape index (κ3) is 8.60. The number of alkyl carbamates (subject to hydrolysis) is 1. The van der Waals surface area contributed by atoms with Crippen molar-refractivity contribution >= 4 is 27.5 Å². The quantitative estimate of drug-likeness (QED) is 0.282. The summed E-state index contributed by atoms with van der Waals surface area (Å²) in [5.41, 5.74) is 1.83. The number of hydrogen-bond donors (Lipinski definition) is 1. The number of carbonyl (C=O) groups is 2. The Morgan fingerprint density at radius 1 is 0.945 bits per heavy atom. The number of likely N-dealkylation sites (tertiary alicyclic amines) is 3. The van der Waals surface area contributed by atoms with Gasteiger partial charge in [-0.15, -0.1) is 0 Å². The molecule has 5 aliphatic rings. The van der Waals surface area contributed by atoms with Crippen LogP contribution in [-0.2, 0) is 24.8 Å². The second-order valence-electron chi connectivity index (χ2n) is 16.9. The Kier molecular flexibility index (Phi) is 12.2. The normalized spacial score (nSPS) is 24.4. The molecular weight excluding hydrogens is 720 g/mol. The number of ether oxygens (including phenoxy) is 1.